The molecule has 0 N–H and O–H groups in total. The summed E-state index contributed by atoms with van der Waals surface area (Å²) < 4.78 is 11.4. The van der Waals surface area contributed by atoms with Gasteiger partial charge in [-0.25, -0.2) is 0 Å². The number of aryl methyl sites for hydroxylation is 1. The van der Waals surface area contributed by atoms with E-state index in [1.165, 1.54) is 11.8 Å². The summed E-state index contributed by atoms with van der Waals surface area (Å²) in [4.78, 5) is 11.6. The molecule has 0 radical (unpaired) electrons. The SMILES string of the molecule is CCOc1ccc(C(C)=O)cc1CSc1nnc(-c2cccc(C)c2)o1. The maximum atomic E-state index is 11.6. The molecule has 0 fully saturated rings. The van der Waals surface area contributed by atoms with Gasteiger partial charge in [0, 0.05) is 22.4 Å². The predicted octanol–water partition coefficient (Wildman–Crippen LogP) is 4.94. The molecule has 0 unspecified atom stereocenters. The number of ketones is 1. The standard InChI is InChI=1S/C20H20N2O3S/c1-4-24-18-9-8-15(14(3)23)11-17(18)12-26-20-22-21-19(25-20)16-7-5-6-13(2)10-16/h5-11H,4,12H2,1-3H3. The zero-order chi connectivity index (χ0) is 18.5. The summed E-state index contributed by atoms with van der Waals surface area (Å²) in [6.45, 7) is 6.07. The van der Waals surface area contributed by atoms with E-state index < -0.39 is 0 Å². The topological polar surface area (TPSA) is 65.2 Å². The molecule has 5 nitrogen and oxygen atoms in total. The second-order valence-electron chi connectivity index (χ2n) is 5.84. The molecular weight excluding hydrogens is 348 g/mol. The highest BCUT2D eigenvalue weighted by Crippen LogP contribution is 2.30. The van der Waals surface area contributed by atoms with E-state index >= 15 is 0 Å². The van der Waals surface area contributed by atoms with Gasteiger partial charge in [-0.05, 0) is 51.1 Å². The fraction of sp³-hybridized carbons (Fsp3) is 0.250. The molecule has 0 amide bonds. The Morgan fingerprint density at radius 2 is 2.04 bits per heavy atom. The van der Waals surface area contributed by atoms with Gasteiger partial charge in [-0.15, -0.1) is 10.2 Å². The van der Waals surface area contributed by atoms with E-state index in [-0.39, 0.29) is 5.78 Å². The van der Waals surface area contributed by atoms with Crippen molar-refractivity contribution in [2.45, 2.75) is 31.7 Å². The van der Waals surface area contributed by atoms with Crippen LogP contribution in [0.25, 0.3) is 11.5 Å². The number of ether oxygens (including phenoxy) is 1. The molecule has 0 bridgehead atoms. The quantitative estimate of drug-likeness (QED) is 0.435. The van der Waals surface area contributed by atoms with Crippen LogP contribution in [-0.2, 0) is 5.75 Å². The maximum absolute atomic E-state index is 11.6. The number of aromatic nitrogens is 2. The minimum atomic E-state index is 0.0267. The zero-order valence-electron chi connectivity index (χ0n) is 15.0. The van der Waals surface area contributed by atoms with Crippen LogP contribution in [0.15, 0.2) is 52.1 Å². The fourth-order valence-corrected chi connectivity index (χ4v) is 3.25. The van der Waals surface area contributed by atoms with Crippen LogP contribution < -0.4 is 4.74 Å². The summed E-state index contributed by atoms with van der Waals surface area (Å²) in [6.07, 6.45) is 0. The molecule has 3 aromatic rings. The van der Waals surface area contributed by atoms with Crippen LogP contribution in [0.5, 0.6) is 5.75 Å². The first-order valence-electron chi connectivity index (χ1n) is 8.37. The third kappa shape index (κ3) is 4.32. The number of hydrogen-bond donors (Lipinski definition) is 0. The second kappa shape index (κ2) is 8.19. The molecule has 0 aliphatic heterocycles. The third-order valence-electron chi connectivity index (χ3n) is 3.79. The molecule has 3 rings (SSSR count). The van der Waals surface area contributed by atoms with E-state index in [2.05, 4.69) is 10.2 Å². The van der Waals surface area contributed by atoms with Crippen molar-refractivity contribution >= 4 is 17.5 Å². The number of Topliss-reactive ketones (excluding diaryl/α,β-unsaturated/α-hetero) is 1. The first-order valence-corrected chi connectivity index (χ1v) is 9.35. The molecule has 0 saturated carbocycles. The van der Waals surface area contributed by atoms with E-state index in [1.54, 1.807) is 13.0 Å². The number of benzene rings is 2. The van der Waals surface area contributed by atoms with E-state index in [4.69, 9.17) is 9.15 Å². The average molecular weight is 368 g/mol. The Hall–Kier alpha value is -2.60. The Kier molecular flexibility index (Phi) is 5.73. The van der Waals surface area contributed by atoms with E-state index in [9.17, 15) is 4.79 Å². The molecule has 0 saturated heterocycles. The Balaban J connectivity index is 1.77. The van der Waals surface area contributed by atoms with Gasteiger partial charge in [0.1, 0.15) is 5.75 Å². The summed E-state index contributed by atoms with van der Waals surface area (Å²) >= 11 is 1.42. The molecule has 2 aromatic carbocycles. The minimum absolute atomic E-state index is 0.0267. The summed E-state index contributed by atoms with van der Waals surface area (Å²) in [6, 6.07) is 13.4. The highest BCUT2D eigenvalue weighted by molar-refractivity contribution is 7.98. The van der Waals surface area contributed by atoms with Crippen LogP contribution in [-0.4, -0.2) is 22.6 Å². The van der Waals surface area contributed by atoms with Crippen LogP contribution in [0, 0.1) is 6.92 Å². The van der Waals surface area contributed by atoms with Crippen molar-refractivity contribution in [3.05, 3.63) is 59.2 Å². The van der Waals surface area contributed by atoms with Gasteiger partial charge >= 0.3 is 0 Å². The molecule has 1 heterocycles. The molecule has 0 spiro atoms. The second-order valence-corrected chi connectivity index (χ2v) is 6.77. The summed E-state index contributed by atoms with van der Waals surface area (Å²) in [5.74, 6) is 1.87. The lowest BCUT2D eigenvalue weighted by molar-refractivity contribution is 0.101. The van der Waals surface area contributed by atoms with Crippen molar-refractivity contribution in [1.82, 2.24) is 10.2 Å². The lowest BCUT2D eigenvalue weighted by atomic mass is 10.1. The number of rotatable bonds is 7. The summed E-state index contributed by atoms with van der Waals surface area (Å²) in [5.41, 5.74) is 3.63. The van der Waals surface area contributed by atoms with Crippen LogP contribution in [0.2, 0.25) is 0 Å². The first kappa shape index (κ1) is 18.2. The first-order chi connectivity index (χ1) is 12.6. The average Bonchev–Trinajstić information content (AvgIpc) is 3.10. The van der Waals surface area contributed by atoms with Crippen molar-refractivity contribution < 1.29 is 13.9 Å². The number of carbonyl (C=O) groups is 1. The van der Waals surface area contributed by atoms with E-state index in [1.807, 2.05) is 50.2 Å². The smallest absolute Gasteiger partial charge is 0.277 e. The van der Waals surface area contributed by atoms with Gasteiger partial charge in [0.15, 0.2) is 5.78 Å². The van der Waals surface area contributed by atoms with Gasteiger partial charge in [-0.3, -0.25) is 4.79 Å². The van der Waals surface area contributed by atoms with E-state index in [0.717, 1.165) is 22.4 Å². The summed E-state index contributed by atoms with van der Waals surface area (Å²) in [7, 11) is 0. The van der Waals surface area contributed by atoms with Gasteiger partial charge in [-0.2, -0.15) is 0 Å². The molecule has 1 aromatic heterocycles. The molecule has 0 aliphatic carbocycles. The van der Waals surface area contributed by atoms with Crippen molar-refractivity contribution in [1.29, 1.82) is 0 Å². The molecule has 134 valence electrons. The van der Waals surface area contributed by atoms with Gasteiger partial charge in [0.2, 0.25) is 5.89 Å². The predicted molar refractivity (Wildman–Crippen MR) is 102 cm³/mol. The van der Waals surface area contributed by atoms with E-state index in [0.29, 0.717) is 29.0 Å². The zero-order valence-corrected chi connectivity index (χ0v) is 15.8. The van der Waals surface area contributed by atoms with Gasteiger partial charge in [0.25, 0.3) is 5.22 Å². The molecule has 6 heteroatoms. The lowest BCUT2D eigenvalue weighted by Crippen LogP contribution is -1.99. The van der Waals surface area contributed by atoms with Crippen LogP contribution in [0.1, 0.15) is 35.3 Å². The van der Waals surface area contributed by atoms with Crippen LogP contribution in [0.3, 0.4) is 0 Å². The minimum Gasteiger partial charge on any atom is -0.494 e. The number of thioether (sulfide) groups is 1. The van der Waals surface area contributed by atoms with Crippen LogP contribution in [0.4, 0.5) is 0 Å². The Morgan fingerprint density at radius 1 is 1.19 bits per heavy atom. The Labute approximate surface area is 156 Å². The number of hydrogen-bond acceptors (Lipinski definition) is 6. The fourth-order valence-electron chi connectivity index (χ4n) is 2.51. The summed E-state index contributed by atoms with van der Waals surface area (Å²) in [5, 5.41) is 8.71. The van der Waals surface area contributed by atoms with Crippen molar-refractivity contribution in [2.24, 2.45) is 0 Å². The van der Waals surface area contributed by atoms with Crippen molar-refractivity contribution in [3.63, 3.8) is 0 Å². The molecule has 0 aliphatic rings. The Bertz CT molecular complexity index is 921. The molecule has 26 heavy (non-hydrogen) atoms. The highest BCUT2D eigenvalue weighted by Gasteiger charge is 2.12. The lowest BCUT2D eigenvalue weighted by Gasteiger charge is -2.10. The number of nitrogens with zero attached hydrogens (tertiary/aromatic N) is 2. The van der Waals surface area contributed by atoms with Crippen LogP contribution >= 0.6 is 11.8 Å². The van der Waals surface area contributed by atoms with Crippen molar-refractivity contribution in [2.75, 3.05) is 6.61 Å². The monoisotopic (exact) mass is 368 g/mol. The maximum Gasteiger partial charge on any atom is 0.277 e. The highest BCUT2D eigenvalue weighted by atomic mass is 32.2. The normalized spacial score (nSPS) is 10.7. The van der Waals surface area contributed by atoms with Crippen molar-refractivity contribution in [3.8, 4) is 17.2 Å². The third-order valence-corrected chi connectivity index (χ3v) is 4.66. The number of carbonyl (C=O) groups excluding carboxylic acids is 1. The Morgan fingerprint density at radius 3 is 2.77 bits per heavy atom. The molecular formula is C20H20N2O3S. The van der Waals surface area contributed by atoms with Gasteiger partial charge in [-0.1, -0.05) is 29.5 Å². The largest absolute Gasteiger partial charge is 0.494 e. The van der Waals surface area contributed by atoms with Gasteiger partial charge < -0.3 is 9.15 Å². The van der Waals surface area contributed by atoms with Gasteiger partial charge in [0.05, 0.1) is 6.61 Å². The molecule has 0 atom stereocenters.